The topological polar surface area (TPSA) is 58.1 Å². The number of para-hydroxylation sites is 2. The van der Waals surface area contributed by atoms with Gasteiger partial charge in [0.25, 0.3) is 0 Å². The van der Waals surface area contributed by atoms with Gasteiger partial charge in [-0.05, 0) is 35.9 Å². The largest absolute Gasteiger partial charge is 0.504 e. The number of hydrogen-bond acceptors (Lipinski definition) is 3. The zero-order valence-electron chi connectivity index (χ0n) is 11.0. The molecule has 0 saturated heterocycles. The smallest absolute Gasteiger partial charge is 0.173 e. The van der Waals surface area contributed by atoms with Crippen LogP contribution >= 0.6 is 0 Å². The SMILES string of the molecule is COc1ccc(C=C(O)c2nc3ccccc3[nH]2)cc1. The zero-order chi connectivity index (χ0) is 13.9. The van der Waals surface area contributed by atoms with E-state index in [9.17, 15) is 5.11 Å². The second-order valence-electron chi connectivity index (χ2n) is 4.41. The minimum Gasteiger partial charge on any atom is -0.504 e. The highest BCUT2D eigenvalue weighted by Gasteiger charge is 2.06. The number of aromatic amines is 1. The van der Waals surface area contributed by atoms with Crippen LogP contribution in [0.2, 0.25) is 0 Å². The normalized spacial score (nSPS) is 11.8. The van der Waals surface area contributed by atoms with Crippen LogP contribution in [0, 0.1) is 0 Å². The molecular formula is C16H14N2O2. The van der Waals surface area contributed by atoms with Crippen molar-refractivity contribution in [3.8, 4) is 5.75 Å². The number of aliphatic hydroxyl groups is 1. The molecule has 0 saturated carbocycles. The molecule has 2 N–H and O–H groups in total. The highest BCUT2D eigenvalue weighted by molar-refractivity contribution is 5.81. The maximum Gasteiger partial charge on any atom is 0.173 e. The van der Waals surface area contributed by atoms with E-state index in [0.29, 0.717) is 5.82 Å². The van der Waals surface area contributed by atoms with E-state index in [2.05, 4.69) is 9.97 Å². The Balaban J connectivity index is 1.93. The lowest BCUT2D eigenvalue weighted by atomic mass is 10.2. The van der Waals surface area contributed by atoms with E-state index in [0.717, 1.165) is 22.3 Å². The number of fused-ring (bicyclic) bond motifs is 1. The molecule has 2 aromatic carbocycles. The fourth-order valence-corrected chi connectivity index (χ4v) is 2.00. The number of H-pyrrole nitrogens is 1. The van der Waals surface area contributed by atoms with Gasteiger partial charge < -0.3 is 14.8 Å². The Kier molecular flexibility index (Phi) is 3.13. The molecule has 0 radical (unpaired) electrons. The molecule has 0 spiro atoms. The molecule has 100 valence electrons. The molecule has 3 rings (SSSR count). The molecule has 4 heteroatoms. The van der Waals surface area contributed by atoms with Crippen LogP contribution < -0.4 is 4.74 Å². The van der Waals surface area contributed by atoms with Gasteiger partial charge in [0.2, 0.25) is 0 Å². The second kappa shape index (κ2) is 5.09. The van der Waals surface area contributed by atoms with Crippen molar-refractivity contribution in [2.24, 2.45) is 0 Å². The summed E-state index contributed by atoms with van der Waals surface area (Å²) >= 11 is 0. The monoisotopic (exact) mass is 266 g/mol. The molecule has 0 unspecified atom stereocenters. The van der Waals surface area contributed by atoms with Crippen LogP contribution in [-0.2, 0) is 0 Å². The van der Waals surface area contributed by atoms with Crippen LogP contribution in [0.25, 0.3) is 22.9 Å². The minimum atomic E-state index is 0.103. The lowest BCUT2D eigenvalue weighted by Crippen LogP contribution is -1.86. The molecule has 0 bridgehead atoms. The van der Waals surface area contributed by atoms with Gasteiger partial charge in [0.05, 0.1) is 18.1 Å². The fraction of sp³-hybridized carbons (Fsp3) is 0.0625. The number of aliphatic hydroxyl groups excluding tert-OH is 1. The number of benzene rings is 2. The van der Waals surface area contributed by atoms with Crippen molar-refractivity contribution >= 4 is 22.9 Å². The van der Waals surface area contributed by atoms with Gasteiger partial charge in [-0.25, -0.2) is 4.98 Å². The number of imidazole rings is 1. The molecule has 3 aromatic rings. The van der Waals surface area contributed by atoms with Crippen LogP contribution in [0.3, 0.4) is 0 Å². The lowest BCUT2D eigenvalue weighted by molar-refractivity contribution is 0.415. The molecular weight excluding hydrogens is 252 g/mol. The van der Waals surface area contributed by atoms with Crippen molar-refractivity contribution in [1.29, 1.82) is 0 Å². The Morgan fingerprint density at radius 3 is 2.60 bits per heavy atom. The molecule has 0 atom stereocenters. The van der Waals surface area contributed by atoms with Gasteiger partial charge in [-0.15, -0.1) is 0 Å². The van der Waals surface area contributed by atoms with Gasteiger partial charge in [-0.3, -0.25) is 0 Å². The molecule has 4 nitrogen and oxygen atoms in total. The lowest BCUT2D eigenvalue weighted by Gasteiger charge is -2.00. The molecule has 0 aliphatic rings. The number of hydrogen-bond donors (Lipinski definition) is 2. The van der Waals surface area contributed by atoms with Gasteiger partial charge in [-0.2, -0.15) is 0 Å². The number of ether oxygens (including phenoxy) is 1. The predicted octanol–water partition coefficient (Wildman–Crippen LogP) is 3.63. The number of aromatic nitrogens is 2. The minimum absolute atomic E-state index is 0.103. The van der Waals surface area contributed by atoms with Crippen LogP contribution in [0.5, 0.6) is 5.75 Å². The molecule has 1 heterocycles. The van der Waals surface area contributed by atoms with Crippen molar-refractivity contribution in [1.82, 2.24) is 9.97 Å². The molecule has 0 amide bonds. The van der Waals surface area contributed by atoms with Crippen molar-refractivity contribution in [2.75, 3.05) is 7.11 Å². The zero-order valence-corrected chi connectivity index (χ0v) is 11.0. The summed E-state index contributed by atoms with van der Waals surface area (Å²) in [7, 11) is 1.62. The van der Waals surface area contributed by atoms with E-state index < -0.39 is 0 Å². The van der Waals surface area contributed by atoms with E-state index in [1.165, 1.54) is 0 Å². The van der Waals surface area contributed by atoms with Gasteiger partial charge in [0.15, 0.2) is 11.6 Å². The van der Waals surface area contributed by atoms with Crippen molar-refractivity contribution in [2.45, 2.75) is 0 Å². The number of rotatable bonds is 3. The molecule has 0 fully saturated rings. The summed E-state index contributed by atoms with van der Waals surface area (Å²) in [6, 6.07) is 15.1. The highest BCUT2D eigenvalue weighted by Crippen LogP contribution is 2.19. The van der Waals surface area contributed by atoms with Crippen molar-refractivity contribution in [3.63, 3.8) is 0 Å². The number of nitrogens with one attached hydrogen (secondary N) is 1. The van der Waals surface area contributed by atoms with Gasteiger partial charge in [0, 0.05) is 0 Å². The van der Waals surface area contributed by atoms with Crippen LogP contribution in [0.15, 0.2) is 48.5 Å². The van der Waals surface area contributed by atoms with Gasteiger partial charge in [-0.1, -0.05) is 24.3 Å². The Morgan fingerprint density at radius 1 is 1.15 bits per heavy atom. The highest BCUT2D eigenvalue weighted by atomic mass is 16.5. The standard InChI is InChI=1S/C16H14N2O2/c1-20-12-8-6-11(7-9-12)10-15(19)16-17-13-4-2-3-5-14(13)18-16/h2-10,19H,1H3,(H,17,18). The maximum absolute atomic E-state index is 10.1. The summed E-state index contributed by atoms with van der Waals surface area (Å²) in [6.07, 6.45) is 1.66. The molecule has 0 aliphatic heterocycles. The Bertz CT molecular complexity index is 725. The average molecular weight is 266 g/mol. The first-order valence-electron chi connectivity index (χ1n) is 6.26. The summed E-state index contributed by atoms with van der Waals surface area (Å²) in [6.45, 7) is 0. The first kappa shape index (κ1) is 12.3. The summed E-state index contributed by atoms with van der Waals surface area (Å²) in [5.74, 6) is 1.35. The van der Waals surface area contributed by atoms with Gasteiger partial charge >= 0.3 is 0 Å². The fourth-order valence-electron chi connectivity index (χ4n) is 2.00. The molecule has 1 aromatic heterocycles. The first-order chi connectivity index (χ1) is 9.76. The summed E-state index contributed by atoms with van der Waals surface area (Å²) in [5.41, 5.74) is 2.61. The van der Waals surface area contributed by atoms with E-state index in [1.807, 2.05) is 48.5 Å². The maximum atomic E-state index is 10.1. The van der Waals surface area contributed by atoms with Crippen LogP contribution in [0.1, 0.15) is 11.4 Å². The van der Waals surface area contributed by atoms with E-state index >= 15 is 0 Å². The second-order valence-corrected chi connectivity index (χ2v) is 4.41. The molecule has 0 aliphatic carbocycles. The van der Waals surface area contributed by atoms with Crippen LogP contribution in [0.4, 0.5) is 0 Å². The van der Waals surface area contributed by atoms with Crippen molar-refractivity contribution in [3.05, 3.63) is 59.9 Å². The van der Waals surface area contributed by atoms with Crippen molar-refractivity contribution < 1.29 is 9.84 Å². The van der Waals surface area contributed by atoms with Crippen LogP contribution in [-0.4, -0.2) is 22.2 Å². The summed E-state index contributed by atoms with van der Waals surface area (Å²) in [5, 5.41) is 10.1. The summed E-state index contributed by atoms with van der Waals surface area (Å²) < 4.78 is 5.10. The van der Waals surface area contributed by atoms with Gasteiger partial charge in [0.1, 0.15) is 5.75 Å². The van der Waals surface area contributed by atoms with E-state index in [4.69, 9.17) is 4.74 Å². The quantitative estimate of drug-likeness (QED) is 0.712. The first-order valence-corrected chi connectivity index (χ1v) is 6.26. The Morgan fingerprint density at radius 2 is 1.90 bits per heavy atom. The van der Waals surface area contributed by atoms with E-state index in [-0.39, 0.29) is 5.76 Å². The number of nitrogens with zero attached hydrogens (tertiary/aromatic N) is 1. The van der Waals surface area contributed by atoms with E-state index in [1.54, 1.807) is 13.2 Å². The Hall–Kier alpha value is -2.75. The molecule has 20 heavy (non-hydrogen) atoms. The summed E-state index contributed by atoms with van der Waals surface area (Å²) in [4.78, 5) is 7.43. The number of methoxy groups -OCH3 is 1. The Labute approximate surface area is 116 Å². The average Bonchev–Trinajstić information content (AvgIpc) is 2.92. The third kappa shape index (κ3) is 2.36. The third-order valence-electron chi connectivity index (χ3n) is 3.05. The predicted molar refractivity (Wildman–Crippen MR) is 79.6 cm³/mol. The third-order valence-corrected chi connectivity index (χ3v) is 3.05.